The highest BCUT2D eigenvalue weighted by molar-refractivity contribution is 6.06. The molecule has 0 amide bonds. The molecule has 1 N–H and O–H groups in total. The maximum absolute atomic E-state index is 9.29. The molecule has 1 atom stereocenters. The van der Waals surface area contributed by atoms with Crippen molar-refractivity contribution in [2.24, 2.45) is 10.4 Å². The normalized spacial score (nSPS) is 20.2. The monoisotopic (exact) mass is 217 g/mol. The van der Waals surface area contributed by atoms with E-state index < -0.39 is 0 Å². The summed E-state index contributed by atoms with van der Waals surface area (Å²) < 4.78 is 0. The first-order valence-electron chi connectivity index (χ1n) is 5.80. The van der Waals surface area contributed by atoms with Gasteiger partial charge in [0, 0.05) is 11.1 Å². The van der Waals surface area contributed by atoms with E-state index in [4.69, 9.17) is 0 Å². The van der Waals surface area contributed by atoms with E-state index in [1.807, 2.05) is 0 Å². The molecule has 0 aromatic heterocycles. The van der Waals surface area contributed by atoms with Crippen molar-refractivity contribution < 1.29 is 5.11 Å². The molecule has 0 fully saturated rings. The van der Waals surface area contributed by atoms with Gasteiger partial charge in [-0.25, -0.2) is 0 Å². The first-order chi connectivity index (χ1) is 7.52. The predicted molar refractivity (Wildman–Crippen MR) is 67.0 cm³/mol. The topological polar surface area (TPSA) is 32.6 Å². The van der Waals surface area contributed by atoms with E-state index >= 15 is 0 Å². The van der Waals surface area contributed by atoms with Gasteiger partial charge < -0.3 is 5.11 Å². The van der Waals surface area contributed by atoms with Crippen LogP contribution in [0.2, 0.25) is 0 Å². The van der Waals surface area contributed by atoms with Gasteiger partial charge in [-0.1, -0.05) is 45.0 Å². The Labute approximate surface area is 97.0 Å². The minimum atomic E-state index is 0.0316. The number of rotatable bonds is 1. The first kappa shape index (κ1) is 11.3. The minimum absolute atomic E-state index is 0.0316. The molecule has 1 aromatic rings. The van der Waals surface area contributed by atoms with E-state index in [1.54, 1.807) is 0 Å². The van der Waals surface area contributed by atoms with Crippen LogP contribution in [0.15, 0.2) is 29.3 Å². The Bertz CT molecular complexity index is 415. The molecule has 1 aromatic carbocycles. The fourth-order valence-corrected chi connectivity index (χ4v) is 2.18. The zero-order valence-corrected chi connectivity index (χ0v) is 10.2. The highest BCUT2D eigenvalue weighted by Gasteiger charge is 2.27. The van der Waals surface area contributed by atoms with Crippen LogP contribution >= 0.6 is 0 Å². The van der Waals surface area contributed by atoms with Gasteiger partial charge in [0.05, 0.1) is 12.6 Å². The second-order valence-corrected chi connectivity index (χ2v) is 5.43. The van der Waals surface area contributed by atoms with E-state index in [0.717, 1.165) is 12.1 Å². The van der Waals surface area contributed by atoms with Crippen molar-refractivity contribution in [2.45, 2.75) is 33.2 Å². The second-order valence-electron chi connectivity index (χ2n) is 5.43. The van der Waals surface area contributed by atoms with Gasteiger partial charge in [0.15, 0.2) is 0 Å². The molecule has 0 aliphatic carbocycles. The Morgan fingerprint density at radius 1 is 1.31 bits per heavy atom. The van der Waals surface area contributed by atoms with Crippen LogP contribution < -0.4 is 0 Å². The lowest BCUT2D eigenvalue weighted by Gasteiger charge is -2.30. The number of aliphatic imine (C=N–C) groups is 1. The lowest BCUT2D eigenvalue weighted by atomic mass is 9.80. The van der Waals surface area contributed by atoms with Gasteiger partial charge in [-0.3, -0.25) is 4.99 Å². The predicted octanol–water partition coefficient (Wildman–Crippen LogP) is 2.44. The summed E-state index contributed by atoms with van der Waals surface area (Å²) in [4.78, 5) is 4.68. The average Bonchev–Trinajstić information content (AvgIpc) is 2.26. The van der Waals surface area contributed by atoms with Crippen LogP contribution in [0.1, 0.15) is 31.9 Å². The zero-order chi connectivity index (χ0) is 11.8. The largest absolute Gasteiger partial charge is 0.394 e. The number of benzene rings is 1. The smallest absolute Gasteiger partial charge is 0.0774 e. The third kappa shape index (κ3) is 2.03. The number of aliphatic hydroxyl groups is 1. The van der Waals surface area contributed by atoms with Gasteiger partial charge in [-0.05, 0) is 17.5 Å². The van der Waals surface area contributed by atoms with Crippen LogP contribution in [0, 0.1) is 5.41 Å². The zero-order valence-electron chi connectivity index (χ0n) is 10.2. The van der Waals surface area contributed by atoms with Crippen molar-refractivity contribution in [1.82, 2.24) is 0 Å². The van der Waals surface area contributed by atoms with E-state index in [0.29, 0.717) is 0 Å². The quantitative estimate of drug-likeness (QED) is 0.770. The minimum Gasteiger partial charge on any atom is -0.394 e. The molecule has 1 heterocycles. The fraction of sp³-hybridized carbons (Fsp3) is 0.500. The number of fused-ring (bicyclic) bond motifs is 1. The standard InChI is InChI=1S/C14H19NO/c1-14(2,3)13-12-7-5-4-6-10(12)8-11(9-16)15-13/h4-7,11,16H,8-9H2,1-3H3. The summed E-state index contributed by atoms with van der Waals surface area (Å²) in [5.74, 6) is 0. The van der Waals surface area contributed by atoms with Crippen molar-refractivity contribution in [2.75, 3.05) is 6.61 Å². The molecule has 0 spiro atoms. The molecule has 1 aliphatic heterocycles. The van der Waals surface area contributed by atoms with Crippen molar-refractivity contribution in [3.63, 3.8) is 0 Å². The van der Waals surface area contributed by atoms with Crippen LogP contribution in [0.3, 0.4) is 0 Å². The van der Waals surface area contributed by atoms with Crippen molar-refractivity contribution in [3.05, 3.63) is 35.4 Å². The van der Waals surface area contributed by atoms with Crippen molar-refractivity contribution >= 4 is 5.71 Å². The van der Waals surface area contributed by atoms with Crippen LogP contribution in [0.25, 0.3) is 0 Å². The Morgan fingerprint density at radius 2 is 2.00 bits per heavy atom. The maximum Gasteiger partial charge on any atom is 0.0774 e. The molecule has 0 saturated carbocycles. The summed E-state index contributed by atoms with van der Waals surface area (Å²) in [7, 11) is 0. The van der Waals surface area contributed by atoms with Gasteiger partial charge in [-0.15, -0.1) is 0 Å². The molecular weight excluding hydrogens is 198 g/mol. The lowest BCUT2D eigenvalue weighted by Crippen LogP contribution is -2.31. The van der Waals surface area contributed by atoms with E-state index in [-0.39, 0.29) is 18.1 Å². The van der Waals surface area contributed by atoms with Crippen molar-refractivity contribution in [1.29, 1.82) is 0 Å². The van der Waals surface area contributed by atoms with E-state index in [9.17, 15) is 5.11 Å². The van der Waals surface area contributed by atoms with Gasteiger partial charge in [0.1, 0.15) is 0 Å². The molecule has 2 nitrogen and oxygen atoms in total. The maximum atomic E-state index is 9.29. The Kier molecular flexibility index (Phi) is 2.85. The van der Waals surface area contributed by atoms with E-state index in [1.165, 1.54) is 11.1 Å². The summed E-state index contributed by atoms with van der Waals surface area (Å²) in [5.41, 5.74) is 3.71. The highest BCUT2D eigenvalue weighted by Crippen LogP contribution is 2.29. The number of nitrogens with zero attached hydrogens (tertiary/aromatic N) is 1. The van der Waals surface area contributed by atoms with Crippen molar-refractivity contribution in [3.8, 4) is 0 Å². The molecule has 0 bridgehead atoms. The molecule has 1 unspecified atom stereocenters. The van der Waals surface area contributed by atoms with Crippen LogP contribution in [0.4, 0.5) is 0 Å². The molecule has 16 heavy (non-hydrogen) atoms. The van der Waals surface area contributed by atoms with Gasteiger partial charge >= 0.3 is 0 Å². The lowest BCUT2D eigenvalue weighted by molar-refractivity contribution is 0.264. The Hall–Kier alpha value is -1.15. The number of aliphatic hydroxyl groups excluding tert-OH is 1. The number of hydrogen-bond acceptors (Lipinski definition) is 2. The third-order valence-corrected chi connectivity index (χ3v) is 2.96. The Morgan fingerprint density at radius 3 is 2.62 bits per heavy atom. The summed E-state index contributed by atoms with van der Waals surface area (Å²) >= 11 is 0. The van der Waals surface area contributed by atoms with Gasteiger partial charge in [0.2, 0.25) is 0 Å². The molecule has 0 saturated heterocycles. The molecule has 86 valence electrons. The molecule has 0 radical (unpaired) electrons. The molecule has 2 heteroatoms. The molecule has 2 rings (SSSR count). The third-order valence-electron chi connectivity index (χ3n) is 2.96. The van der Waals surface area contributed by atoms with Gasteiger partial charge in [0.25, 0.3) is 0 Å². The molecular formula is C14H19NO. The molecule has 1 aliphatic rings. The first-order valence-corrected chi connectivity index (χ1v) is 5.80. The van der Waals surface area contributed by atoms with Crippen LogP contribution in [-0.4, -0.2) is 23.5 Å². The average molecular weight is 217 g/mol. The second kappa shape index (κ2) is 4.02. The summed E-state index contributed by atoms with van der Waals surface area (Å²) in [6.07, 6.45) is 0.853. The number of hydrogen-bond donors (Lipinski definition) is 1. The summed E-state index contributed by atoms with van der Waals surface area (Å²) in [5, 5.41) is 9.29. The SMILES string of the molecule is CC(C)(C)C1=NC(CO)Cc2ccccc21. The van der Waals surface area contributed by atoms with E-state index in [2.05, 4.69) is 50.0 Å². The summed E-state index contributed by atoms with van der Waals surface area (Å²) in [6.45, 7) is 6.64. The summed E-state index contributed by atoms with van der Waals surface area (Å²) in [6, 6.07) is 8.41. The highest BCUT2D eigenvalue weighted by atomic mass is 16.3. The van der Waals surface area contributed by atoms with Gasteiger partial charge in [-0.2, -0.15) is 0 Å². The Balaban J connectivity index is 2.51. The fourth-order valence-electron chi connectivity index (χ4n) is 2.18. The van der Waals surface area contributed by atoms with Crippen LogP contribution in [-0.2, 0) is 6.42 Å². The van der Waals surface area contributed by atoms with Crippen LogP contribution in [0.5, 0.6) is 0 Å².